The molecule has 0 aromatic heterocycles. The molecular formula is C11H10ClF3N2O3S. The number of hydrogen-bond acceptors (Lipinski definition) is 3. The van der Waals surface area contributed by atoms with Crippen molar-refractivity contribution in [2.24, 2.45) is 5.14 Å². The van der Waals surface area contributed by atoms with Gasteiger partial charge in [0.15, 0.2) is 0 Å². The minimum Gasteiger partial charge on any atom is -0.311 e. The average molecular weight is 343 g/mol. The van der Waals surface area contributed by atoms with Crippen LogP contribution in [0.5, 0.6) is 0 Å². The molecule has 1 heterocycles. The number of alkyl halides is 3. The van der Waals surface area contributed by atoms with E-state index in [1.54, 1.807) is 0 Å². The number of sulfonamides is 1. The van der Waals surface area contributed by atoms with Gasteiger partial charge < -0.3 is 4.90 Å². The van der Waals surface area contributed by atoms with Crippen LogP contribution in [0.4, 0.5) is 18.9 Å². The first-order chi connectivity index (χ1) is 9.48. The number of hydrogen-bond donors (Lipinski definition) is 1. The molecule has 1 unspecified atom stereocenters. The van der Waals surface area contributed by atoms with Gasteiger partial charge in [-0.3, -0.25) is 4.79 Å². The maximum atomic E-state index is 12.7. The molecule has 0 radical (unpaired) electrons. The van der Waals surface area contributed by atoms with Crippen molar-refractivity contribution in [2.75, 3.05) is 11.4 Å². The minimum absolute atomic E-state index is 0.106. The Bertz CT molecular complexity index is 690. The molecule has 1 atom stereocenters. The molecule has 116 valence electrons. The van der Waals surface area contributed by atoms with Crippen LogP contribution in [0.25, 0.3) is 0 Å². The lowest BCUT2D eigenvalue weighted by Crippen LogP contribution is -2.32. The molecule has 0 saturated carbocycles. The van der Waals surface area contributed by atoms with E-state index < -0.39 is 32.9 Å². The van der Waals surface area contributed by atoms with Crippen LogP contribution in [0.2, 0.25) is 5.02 Å². The highest BCUT2D eigenvalue weighted by molar-refractivity contribution is 7.89. The van der Waals surface area contributed by atoms with E-state index in [-0.39, 0.29) is 23.7 Å². The maximum Gasteiger partial charge on any atom is 0.416 e. The van der Waals surface area contributed by atoms with Crippen molar-refractivity contribution < 1.29 is 26.4 Å². The van der Waals surface area contributed by atoms with Gasteiger partial charge in [0.2, 0.25) is 15.9 Å². The lowest BCUT2D eigenvalue weighted by molar-refractivity contribution is -0.137. The molecule has 2 rings (SSSR count). The topological polar surface area (TPSA) is 80.5 Å². The number of nitrogens with zero attached hydrogens (tertiary/aromatic N) is 1. The molecule has 1 aromatic carbocycles. The quantitative estimate of drug-likeness (QED) is 0.889. The summed E-state index contributed by atoms with van der Waals surface area (Å²) in [5, 5.41) is 3.62. The van der Waals surface area contributed by atoms with Crippen molar-refractivity contribution in [3.63, 3.8) is 0 Å². The summed E-state index contributed by atoms with van der Waals surface area (Å²) >= 11 is 5.63. The largest absolute Gasteiger partial charge is 0.416 e. The van der Waals surface area contributed by atoms with E-state index in [1.165, 1.54) is 6.07 Å². The van der Waals surface area contributed by atoms with Crippen LogP contribution in [0.3, 0.4) is 0 Å². The van der Waals surface area contributed by atoms with E-state index in [4.69, 9.17) is 16.7 Å². The third kappa shape index (κ3) is 3.47. The fraction of sp³-hybridized carbons (Fsp3) is 0.364. The number of anilines is 1. The molecular weight excluding hydrogens is 333 g/mol. The van der Waals surface area contributed by atoms with Crippen LogP contribution >= 0.6 is 11.6 Å². The molecule has 2 N–H and O–H groups in total. The first-order valence-corrected chi connectivity index (χ1v) is 7.67. The molecule has 0 aliphatic carbocycles. The number of nitrogens with two attached hydrogens (primary N) is 1. The summed E-state index contributed by atoms with van der Waals surface area (Å²) in [4.78, 5) is 12.7. The highest BCUT2D eigenvalue weighted by atomic mass is 35.5. The summed E-state index contributed by atoms with van der Waals surface area (Å²) in [5.41, 5.74) is -1.12. The molecule has 10 heteroatoms. The Morgan fingerprint density at radius 2 is 1.90 bits per heavy atom. The maximum absolute atomic E-state index is 12.7. The predicted octanol–water partition coefficient (Wildman–Crippen LogP) is 1.75. The second-order valence-electron chi connectivity index (χ2n) is 4.62. The van der Waals surface area contributed by atoms with Gasteiger partial charge in [0.25, 0.3) is 0 Å². The van der Waals surface area contributed by atoms with E-state index in [1.807, 2.05) is 0 Å². The fourth-order valence-corrected chi connectivity index (χ4v) is 3.00. The van der Waals surface area contributed by atoms with E-state index in [0.717, 1.165) is 17.0 Å². The summed E-state index contributed by atoms with van der Waals surface area (Å²) in [6.07, 6.45) is -4.99. The van der Waals surface area contributed by atoms with Crippen molar-refractivity contribution in [3.8, 4) is 0 Å². The molecule has 1 amide bonds. The zero-order chi connectivity index (χ0) is 16.0. The Kier molecular flexibility index (Phi) is 3.94. The molecule has 1 saturated heterocycles. The Balaban J connectivity index is 2.39. The molecule has 1 fully saturated rings. The smallest absolute Gasteiger partial charge is 0.311 e. The Labute approximate surface area is 123 Å². The lowest BCUT2D eigenvalue weighted by Gasteiger charge is -2.18. The fourth-order valence-electron chi connectivity index (χ4n) is 2.04. The van der Waals surface area contributed by atoms with Crippen LogP contribution in [0.15, 0.2) is 18.2 Å². The van der Waals surface area contributed by atoms with E-state index in [2.05, 4.69) is 0 Å². The van der Waals surface area contributed by atoms with E-state index in [0.29, 0.717) is 0 Å². The third-order valence-corrected chi connectivity index (χ3v) is 4.54. The van der Waals surface area contributed by atoms with Gasteiger partial charge in [-0.2, -0.15) is 13.2 Å². The molecule has 1 aliphatic rings. The van der Waals surface area contributed by atoms with E-state index in [9.17, 15) is 26.4 Å². The van der Waals surface area contributed by atoms with Gasteiger partial charge in [0, 0.05) is 23.7 Å². The average Bonchev–Trinajstić information content (AvgIpc) is 2.69. The number of rotatable bonds is 2. The lowest BCUT2D eigenvalue weighted by atomic mass is 10.2. The van der Waals surface area contributed by atoms with Gasteiger partial charge in [-0.25, -0.2) is 13.6 Å². The van der Waals surface area contributed by atoms with Crippen molar-refractivity contribution >= 4 is 33.2 Å². The van der Waals surface area contributed by atoms with Crippen molar-refractivity contribution in [1.82, 2.24) is 0 Å². The second-order valence-corrected chi connectivity index (χ2v) is 6.90. The number of carbonyl (C=O) groups is 1. The molecule has 5 nitrogen and oxygen atoms in total. The highest BCUT2D eigenvalue weighted by Crippen LogP contribution is 2.35. The number of halogens is 4. The van der Waals surface area contributed by atoms with Crippen LogP contribution < -0.4 is 10.0 Å². The summed E-state index contributed by atoms with van der Waals surface area (Å²) in [6, 6.07) is 2.64. The predicted molar refractivity (Wildman–Crippen MR) is 70.3 cm³/mol. The Hall–Kier alpha value is -1.32. The molecule has 0 spiro atoms. The van der Waals surface area contributed by atoms with Crippen LogP contribution in [0, 0.1) is 0 Å². The Morgan fingerprint density at radius 1 is 1.29 bits per heavy atom. The normalized spacial score (nSPS) is 20.1. The summed E-state index contributed by atoms with van der Waals surface area (Å²) < 4.78 is 60.6. The van der Waals surface area contributed by atoms with Crippen LogP contribution in [-0.2, 0) is 21.0 Å². The summed E-state index contributed by atoms with van der Waals surface area (Å²) in [7, 11) is -3.94. The minimum atomic E-state index is -4.62. The summed E-state index contributed by atoms with van der Waals surface area (Å²) in [5.74, 6) is -0.621. The number of carbonyl (C=O) groups excluding carboxylic acids is 1. The molecule has 21 heavy (non-hydrogen) atoms. The molecule has 1 aliphatic heterocycles. The molecule has 1 aromatic rings. The van der Waals surface area contributed by atoms with Crippen molar-refractivity contribution in [1.29, 1.82) is 0 Å². The Morgan fingerprint density at radius 3 is 2.38 bits per heavy atom. The zero-order valence-corrected chi connectivity index (χ0v) is 12.0. The first kappa shape index (κ1) is 16.1. The van der Waals surface area contributed by atoms with Gasteiger partial charge in [0.05, 0.1) is 5.56 Å². The monoisotopic (exact) mass is 342 g/mol. The van der Waals surface area contributed by atoms with Crippen LogP contribution in [0.1, 0.15) is 12.0 Å². The van der Waals surface area contributed by atoms with Crippen molar-refractivity contribution in [2.45, 2.75) is 17.8 Å². The second kappa shape index (κ2) is 5.15. The SMILES string of the molecule is NS(=O)(=O)C1CC(=O)N(c2cc(Cl)cc(C(F)(F)F)c2)C1. The van der Waals surface area contributed by atoms with Crippen molar-refractivity contribution in [3.05, 3.63) is 28.8 Å². The van der Waals surface area contributed by atoms with Gasteiger partial charge in [-0.15, -0.1) is 0 Å². The highest BCUT2D eigenvalue weighted by Gasteiger charge is 2.38. The van der Waals surface area contributed by atoms with Gasteiger partial charge >= 0.3 is 6.18 Å². The zero-order valence-electron chi connectivity index (χ0n) is 10.4. The van der Waals surface area contributed by atoms with Crippen LogP contribution in [-0.4, -0.2) is 26.1 Å². The van der Waals surface area contributed by atoms with Gasteiger partial charge in [0.1, 0.15) is 5.25 Å². The number of benzene rings is 1. The molecule has 0 bridgehead atoms. The number of primary sulfonamides is 1. The number of amides is 1. The first-order valence-electron chi connectivity index (χ1n) is 5.68. The summed E-state index contributed by atoms with van der Waals surface area (Å²) in [6.45, 7) is -0.296. The third-order valence-electron chi connectivity index (χ3n) is 3.08. The standard InChI is InChI=1S/C11H10ClF3N2O3S/c12-7-1-6(11(13,14)15)2-8(3-7)17-5-9(4-10(17)18)21(16,19)20/h1-3,9H,4-5H2,(H2,16,19,20). The van der Waals surface area contributed by atoms with Gasteiger partial charge in [-0.05, 0) is 18.2 Å². The van der Waals surface area contributed by atoms with E-state index >= 15 is 0 Å². The van der Waals surface area contributed by atoms with Gasteiger partial charge in [-0.1, -0.05) is 11.6 Å².